The molecule has 1 aromatic carbocycles. The van der Waals surface area contributed by atoms with Crippen molar-refractivity contribution in [3.05, 3.63) is 29.8 Å². The van der Waals surface area contributed by atoms with E-state index in [1.54, 1.807) is 7.11 Å². The van der Waals surface area contributed by atoms with Crippen LogP contribution in [-0.4, -0.2) is 31.1 Å². The number of likely N-dealkylation sites (N-methyl/N-ethyl adjacent to an activating group) is 1. The third kappa shape index (κ3) is 3.10. The highest BCUT2D eigenvalue weighted by Crippen LogP contribution is 2.38. The molecule has 2 atom stereocenters. The van der Waals surface area contributed by atoms with Gasteiger partial charge in [0.1, 0.15) is 5.75 Å². The SMILES string of the molecule is COc1ccc(CN(C)C2CCC(C)(C)C2N)cc1. The van der Waals surface area contributed by atoms with Crippen LogP contribution in [0.25, 0.3) is 0 Å². The van der Waals surface area contributed by atoms with Crippen LogP contribution >= 0.6 is 0 Å². The van der Waals surface area contributed by atoms with Gasteiger partial charge in [0.05, 0.1) is 7.11 Å². The third-order valence-corrected chi connectivity index (χ3v) is 4.56. The zero-order chi connectivity index (χ0) is 14.0. The van der Waals surface area contributed by atoms with Crippen molar-refractivity contribution in [2.45, 2.75) is 45.3 Å². The highest BCUT2D eigenvalue weighted by Gasteiger charge is 2.40. The number of nitrogens with two attached hydrogens (primary N) is 1. The Kier molecular flexibility index (Phi) is 4.16. The molecule has 0 bridgehead atoms. The second-order valence-corrected chi connectivity index (χ2v) is 6.38. The molecule has 106 valence electrons. The molecule has 0 aliphatic heterocycles. The molecule has 2 rings (SSSR count). The van der Waals surface area contributed by atoms with Crippen LogP contribution in [0.15, 0.2) is 24.3 Å². The fraction of sp³-hybridized carbons (Fsp3) is 0.625. The van der Waals surface area contributed by atoms with E-state index < -0.39 is 0 Å². The molecule has 1 aliphatic carbocycles. The highest BCUT2D eigenvalue weighted by atomic mass is 16.5. The third-order valence-electron chi connectivity index (χ3n) is 4.56. The van der Waals surface area contributed by atoms with Crippen LogP contribution in [0.1, 0.15) is 32.3 Å². The van der Waals surface area contributed by atoms with Gasteiger partial charge in [0, 0.05) is 18.6 Å². The van der Waals surface area contributed by atoms with Gasteiger partial charge in [-0.3, -0.25) is 4.90 Å². The molecule has 0 spiro atoms. The summed E-state index contributed by atoms with van der Waals surface area (Å²) in [4.78, 5) is 2.39. The lowest BCUT2D eigenvalue weighted by Crippen LogP contribution is -2.47. The van der Waals surface area contributed by atoms with Crippen molar-refractivity contribution in [1.82, 2.24) is 4.90 Å². The second kappa shape index (κ2) is 5.51. The van der Waals surface area contributed by atoms with Crippen LogP contribution in [0.5, 0.6) is 5.75 Å². The van der Waals surface area contributed by atoms with Gasteiger partial charge in [0.15, 0.2) is 0 Å². The molecule has 0 amide bonds. The molecule has 0 heterocycles. The summed E-state index contributed by atoms with van der Waals surface area (Å²) in [6.07, 6.45) is 2.41. The van der Waals surface area contributed by atoms with E-state index in [1.165, 1.54) is 18.4 Å². The first-order valence-corrected chi connectivity index (χ1v) is 7.03. The van der Waals surface area contributed by atoms with Gasteiger partial charge < -0.3 is 10.5 Å². The zero-order valence-corrected chi connectivity index (χ0v) is 12.5. The molecule has 3 nitrogen and oxygen atoms in total. The predicted molar refractivity (Wildman–Crippen MR) is 79.2 cm³/mol. The number of benzene rings is 1. The highest BCUT2D eigenvalue weighted by molar-refractivity contribution is 5.27. The Balaban J connectivity index is 1.99. The van der Waals surface area contributed by atoms with Crippen molar-refractivity contribution >= 4 is 0 Å². The first-order valence-electron chi connectivity index (χ1n) is 7.03. The standard InChI is InChI=1S/C16H26N2O/c1-16(2)10-9-14(15(16)17)18(3)11-12-5-7-13(19-4)8-6-12/h5-8,14-15H,9-11,17H2,1-4H3. The van der Waals surface area contributed by atoms with Crippen LogP contribution in [0.4, 0.5) is 0 Å². The quantitative estimate of drug-likeness (QED) is 0.906. The van der Waals surface area contributed by atoms with Crippen molar-refractivity contribution in [1.29, 1.82) is 0 Å². The summed E-state index contributed by atoms with van der Waals surface area (Å²) in [6, 6.07) is 9.03. The minimum Gasteiger partial charge on any atom is -0.497 e. The minimum atomic E-state index is 0.260. The molecule has 2 N–H and O–H groups in total. The maximum absolute atomic E-state index is 6.40. The fourth-order valence-electron chi connectivity index (χ4n) is 3.02. The van der Waals surface area contributed by atoms with Crippen LogP contribution in [0, 0.1) is 5.41 Å². The summed E-state index contributed by atoms with van der Waals surface area (Å²) in [5, 5.41) is 0. The Labute approximate surface area is 116 Å². The number of hydrogen-bond donors (Lipinski definition) is 1. The Morgan fingerprint density at radius 2 is 1.95 bits per heavy atom. The van der Waals surface area contributed by atoms with Crippen molar-refractivity contribution in [3.63, 3.8) is 0 Å². The van der Waals surface area contributed by atoms with Crippen molar-refractivity contribution < 1.29 is 4.74 Å². The summed E-state index contributed by atoms with van der Waals surface area (Å²) in [6.45, 7) is 5.50. The molecular weight excluding hydrogens is 236 g/mol. The summed E-state index contributed by atoms with van der Waals surface area (Å²) in [5.74, 6) is 0.908. The maximum atomic E-state index is 6.40. The predicted octanol–water partition coefficient (Wildman–Crippen LogP) is 2.64. The number of nitrogens with zero attached hydrogens (tertiary/aromatic N) is 1. The molecule has 1 saturated carbocycles. The lowest BCUT2D eigenvalue weighted by molar-refractivity contribution is 0.191. The van der Waals surface area contributed by atoms with Gasteiger partial charge >= 0.3 is 0 Å². The summed E-state index contributed by atoms with van der Waals surface area (Å²) in [5.41, 5.74) is 7.96. The van der Waals surface area contributed by atoms with Crippen LogP contribution in [-0.2, 0) is 6.54 Å². The van der Waals surface area contributed by atoms with E-state index in [0.29, 0.717) is 6.04 Å². The Morgan fingerprint density at radius 1 is 1.32 bits per heavy atom. The van der Waals surface area contributed by atoms with E-state index in [-0.39, 0.29) is 11.5 Å². The van der Waals surface area contributed by atoms with Crippen molar-refractivity contribution in [2.24, 2.45) is 11.1 Å². The normalized spacial score (nSPS) is 25.8. The lowest BCUT2D eigenvalue weighted by Gasteiger charge is -2.32. The van der Waals surface area contributed by atoms with Gasteiger partial charge in [-0.1, -0.05) is 26.0 Å². The van der Waals surface area contributed by atoms with Crippen LogP contribution in [0.2, 0.25) is 0 Å². The Bertz CT molecular complexity index is 413. The van der Waals surface area contributed by atoms with Gasteiger partial charge in [-0.05, 0) is 43.0 Å². The average Bonchev–Trinajstić information content (AvgIpc) is 2.65. The topological polar surface area (TPSA) is 38.5 Å². The molecule has 19 heavy (non-hydrogen) atoms. The van der Waals surface area contributed by atoms with E-state index in [1.807, 2.05) is 12.1 Å². The number of hydrogen-bond acceptors (Lipinski definition) is 3. The largest absolute Gasteiger partial charge is 0.497 e. The number of rotatable bonds is 4. The number of ether oxygens (including phenoxy) is 1. The average molecular weight is 262 g/mol. The summed E-state index contributed by atoms with van der Waals surface area (Å²) < 4.78 is 5.18. The molecule has 1 aliphatic rings. The smallest absolute Gasteiger partial charge is 0.118 e. The molecule has 0 aromatic heterocycles. The van der Waals surface area contributed by atoms with Gasteiger partial charge in [-0.25, -0.2) is 0 Å². The Morgan fingerprint density at radius 3 is 2.42 bits per heavy atom. The minimum absolute atomic E-state index is 0.260. The van der Waals surface area contributed by atoms with E-state index in [9.17, 15) is 0 Å². The molecule has 2 unspecified atom stereocenters. The first kappa shape index (κ1) is 14.4. The summed E-state index contributed by atoms with van der Waals surface area (Å²) in [7, 11) is 3.87. The van der Waals surface area contributed by atoms with Crippen molar-refractivity contribution in [3.8, 4) is 5.75 Å². The lowest BCUT2D eigenvalue weighted by atomic mass is 9.87. The molecular formula is C16H26N2O. The zero-order valence-electron chi connectivity index (χ0n) is 12.5. The summed E-state index contributed by atoms with van der Waals surface area (Å²) >= 11 is 0. The van der Waals surface area contributed by atoms with Gasteiger partial charge in [-0.15, -0.1) is 0 Å². The van der Waals surface area contributed by atoms with Crippen LogP contribution in [0.3, 0.4) is 0 Å². The first-order chi connectivity index (χ1) is 8.94. The molecule has 3 heteroatoms. The molecule has 0 saturated heterocycles. The Hall–Kier alpha value is -1.06. The molecule has 0 radical (unpaired) electrons. The fourth-order valence-corrected chi connectivity index (χ4v) is 3.02. The second-order valence-electron chi connectivity index (χ2n) is 6.38. The monoisotopic (exact) mass is 262 g/mol. The van der Waals surface area contributed by atoms with Gasteiger partial charge in [0.25, 0.3) is 0 Å². The van der Waals surface area contributed by atoms with Gasteiger partial charge in [0.2, 0.25) is 0 Å². The molecule has 1 fully saturated rings. The van der Waals surface area contributed by atoms with E-state index in [2.05, 4.69) is 37.9 Å². The van der Waals surface area contributed by atoms with Crippen molar-refractivity contribution in [2.75, 3.05) is 14.2 Å². The van der Waals surface area contributed by atoms with E-state index >= 15 is 0 Å². The van der Waals surface area contributed by atoms with E-state index in [4.69, 9.17) is 10.5 Å². The number of methoxy groups -OCH3 is 1. The maximum Gasteiger partial charge on any atom is 0.118 e. The molecule has 1 aromatic rings. The van der Waals surface area contributed by atoms with E-state index in [0.717, 1.165) is 12.3 Å². The van der Waals surface area contributed by atoms with Crippen LogP contribution < -0.4 is 10.5 Å². The van der Waals surface area contributed by atoms with Gasteiger partial charge in [-0.2, -0.15) is 0 Å².